The number of aliphatic imine (C=N–C) groups is 1. The second-order valence-electron chi connectivity index (χ2n) is 4.62. The van der Waals surface area contributed by atoms with E-state index in [0.29, 0.717) is 23.1 Å². The number of carbonyl (C=O) groups excluding carboxylic acids is 1. The molecule has 4 nitrogen and oxygen atoms in total. The van der Waals surface area contributed by atoms with Gasteiger partial charge in [-0.05, 0) is 29.8 Å². The molecule has 0 fully saturated rings. The lowest BCUT2D eigenvalue weighted by Gasteiger charge is -2.12. The maximum absolute atomic E-state index is 12.5. The molecule has 0 aliphatic carbocycles. The van der Waals surface area contributed by atoms with Gasteiger partial charge in [-0.15, -0.1) is 0 Å². The average Bonchev–Trinajstić information content (AvgIpc) is 2.99. The van der Waals surface area contributed by atoms with Gasteiger partial charge in [-0.1, -0.05) is 36.0 Å². The van der Waals surface area contributed by atoms with Gasteiger partial charge in [0, 0.05) is 5.75 Å². The largest absolute Gasteiger partial charge is 0.493 e. The van der Waals surface area contributed by atoms with E-state index in [2.05, 4.69) is 10.3 Å². The van der Waals surface area contributed by atoms with E-state index in [0.717, 1.165) is 23.1 Å². The highest BCUT2D eigenvalue weighted by Crippen LogP contribution is 2.26. The van der Waals surface area contributed by atoms with Crippen molar-refractivity contribution in [1.82, 2.24) is 5.32 Å². The fraction of sp³-hybridized carbons (Fsp3) is 0.250. The van der Waals surface area contributed by atoms with Crippen LogP contribution in [0.2, 0.25) is 0 Å². The third-order valence-corrected chi connectivity index (χ3v) is 4.09. The van der Waals surface area contributed by atoms with Crippen LogP contribution < -0.4 is 10.1 Å². The summed E-state index contributed by atoms with van der Waals surface area (Å²) in [6.45, 7) is 3.19. The van der Waals surface area contributed by atoms with E-state index < -0.39 is 0 Å². The van der Waals surface area contributed by atoms with Gasteiger partial charge in [-0.3, -0.25) is 9.79 Å². The van der Waals surface area contributed by atoms with Crippen LogP contribution in [0.25, 0.3) is 10.8 Å². The van der Waals surface area contributed by atoms with Gasteiger partial charge in [0.05, 0.1) is 18.7 Å². The Hall–Kier alpha value is -2.01. The number of hydrogen-bond donors (Lipinski definition) is 1. The highest BCUT2D eigenvalue weighted by atomic mass is 32.2. The number of carbonyl (C=O) groups is 1. The van der Waals surface area contributed by atoms with Crippen LogP contribution in [-0.2, 0) is 0 Å². The summed E-state index contributed by atoms with van der Waals surface area (Å²) in [6.07, 6.45) is 0. The quantitative estimate of drug-likeness (QED) is 0.947. The first-order valence-corrected chi connectivity index (χ1v) is 7.90. The van der Waals surface area contributed by atoms with Crippen LogP contribution in [0, 0.1) is 0 Å². The summed E-state index contributed by atoms with van der Waals surface area (Å²) in [5.41, 5.74) is 0.547. The standard InChI is InChI=1S/C16H16N2O2S/c1-2-20-14-10-12-6-4-3-5-11(12)9-13(14)15(19)18-16-17-7-8-21-16/h3-6,9-10H,2,7-8H2,1H3,(H,17,18,19). The molecule has 21 heavy (non-hydrogen) atoms. The molecule has 0 bridgehead atoms. The van der Waals surface area contributed by atoms with Crippen LogP contribution >= 0.6 is 11.8 Å². The van der Waals surface area contributed by atoms with Crippen LogP contribution in [0.1, 0.15) is 17.3 Å². The topological polar surface area (TPSA) is 50.7 Å². The van der Waals surface area contributed by atoms with Gasteiger partial charge in [-0.25, -0.2) is 0 Å². The Balaban J connectivity index is 1.97. The molecule has 1 aliphatic rings. The maximum Gasteiger partial charge on any atom is 0.260 e. The number of ether oxygens (including phenoxy) is 1. The molecule has 5 heteroatoms. The number of rotatable bonds is 3. The van der Waals surface area contributed by atoms with E-state index in [1.807, 2.05) is 43.3 Å². The Morgan fingerprint density at radius 2 is 2.10 bits per heavy atom. The van der Waals surface area contributed by atoms with E-state index in [1.165, 1.54) is 0 Å². The Morgan fingerprint density at radius 3 is 2.76 bits per heavy atom. The monoisotopic (exact) mass is 300 g/mol. The first-order chi connectivity index (χ1) is 10.3. The van der Waals surface area contributed by atoms with Crippen molar-refractivity contribution in [3.63, 3.8) is 0 Å². The number of hydrogen-bond acceptors (Lipinski definition) is 4. The summed E-state index contributed by atoms with van der Waals surface area (Å²) in [6, 6.07) is 11.7. The van der Waals surface area contributed by atoms with Gasteiger partial charge in [0.1, 0.15) is 5.75 Å². The molecule has 0 spiro atoms. The SMILES string of the molecule is CCOc1cc2ccccc2cc1C(=O)NC1=NCCS1. The molecular formula is C16H16N2O2S. The Kier molecular flexibility index (Phi) is 4.10. The van der Waals surface area contributed by atoms with Crippen molar-refractivity contribution in [2.75, 3.05) is 18.9 Å². The van der Waals surface area contributed by atoms with Gasteiger partial charge in [0.25, 0.3) is 5.91 Å². The summed E-state index contributed by atoms with van der Waals surface area (Å²) in [4.78, 5) is 16.7. The van der Waals surface area contributed by atoms with E-state index in [9.17, 15) is 4.79 Å². The lowest BCUT2D eigenvalue weighted by Crippen LogP contribution is -2.27. The minimum Gasteiger partial charge on any atom is -0.493 e. The molecule has 0 atom stereocenters. The van der Waals surface area contributed by atoms with Gasteiger partial charge in [0.15, 0.2) is 5.17 Å². The summed E-state index contributed by atoms with van der Waals surface area (Å²) in [5.74, 6) is 1.36. The molecule has 1 N–H and O–H groups in total. The third-order valence-electron chi connectivity index (χ3n) is 3.20. The minimum absolute atomic E-state index is 0.169. The summed E-state index contributed by atoms with van der Waals surface area (Å²) >= 11 is 1.57. The number of benzene rings is 2. The van der Waals surface area contributed by atoms with Crippen molar-refractivity contribution in [1.29, 1.82) is 0 Å². The molecule has 2 aromatic rings. The van der Waals surface area contributed by atoms with Crippen molar-refractivity contribution in [3.8, 4) is 5.75 Å². The molecular weight excluding hydrogens is 284 g/mol. The number of fused-ring (bicyclic) bond motifs is 1. The average molecular weight is 300 g/mol. The number of nitrogens with one attached hydrogen (secondary N) is 1. The minimum atomic E-state index is -0.169. The molecule has 0 saturated heterocycles. The fourth-order valence-corrected chi connectivity index (χ4v) is 2.97. The molecule has 2 aromatic carbocycles. The lowest BCUT2D eigenvalue weighted by atomic mass is 10.1. The van der Waals surface area contributed by atoms with Gasteiger partial charge >= 0.3 is 0 Å². The first-order valence-electron chi connectivity index (χ1n) is 6.92. The van der Waals surface area contributed by atoms with Crippen LogP contribution in [0.3, 0.4) is 0 Å². The fourth-order valence-electron chi connectivity index (χ4n) is 2.25. The molecule has 1 amide bonds. The highest BCUT2D eigenvalue weighted by molar-refractivity contribution is 8.14. The molecule has 0 aromatic heterocycles. The zero-order valence-electron chi connectivity index (χ0n) is 11.8. The van der Waals surface area contributed by atoms with Gasteiger partial charge in [-0.2, -0.15) is 0 Å². The predicted octanol–water partition coefficient (Wildman–Crippen LogP) is 3.07. The molecule has 108 valence electrons. The van der Waals surface area contributed by atoms with Crippen molar-refractivity contribution >= 4 is 33.6 Å². The normalized spacial score (nSPS) is 14.0. The molecule has 0 unspecified atom stereocenters. The number of nitrogens with zero attached hydrogens (tertiary/aromatic N) is 1. The van der Waals surface area contributed by atoms with Crippen LogP contribution in [0.5, 0.6) is 5.75 Å². The van der Waals surface area contributed by atoms with Crippen molar-refractivity contribution in [3.05, 3.63) is 42.0 Å². The van der Waals surface area contributed by atoms with Gasteiger partial charge in [0.2, 0.25) is 0 Å². The highest BCUT2D eigenvalue weighted by Gasteiger charge is 2.17. The Labute approximate surface area is 127 Å². The van der Waals surface area contributed by atoms with Crippen molar-refractivity contribution in [2.45, 2.75) is 6.92 Å². The molecule has 1 aliphatic heterocycles. The van der Waals surface area contributed by atoms with Crippen LogP contribution in [-0.4, -0.2) is 30.0 Å². The molecule has 1 heterocycles. The summed E-state index contributed by atoms with van der Waals surface area (Å²) in [7, 11) is 0. The molecule has 0 radical (unpaired) electrons. The summed E-state index contributed by atoms with van der Waals surface area (Å²) in [5, 5.41) is 5.62. The zero-order chi connectivity index (χ0) is 14.7. The summed E-state index contributed by atoms with van der Waals surface area (Å²) < 4.78 is 5.62. The lowest BCUT2D eigenvalue weighted by molar-refractivity contribution is 0.0974. The number of amidine groups is 1. The zero-order valence-corrected chi connectivity index (χ0v) is 12.6. The van der Waals surface area contributed by atoms with Crippen molar-refractivity contribution < 1.29 is 9.53 Å². The molecule has 0 saturated carbocycles. The van der Waals surface area contributed by atoms with E-state index >= 15 is 0 Å². The van der Waals surface area contributed by atoms with Crippen molar-refractivity contribution in [2.24, 2.45) is 4.99 Å². The third kappa shape index (κ3) is 3.03. The first kappa shape index (κ1) is 13.9. The maximum atomic E-state index is 12.5. The second kappa shape index (κ2) is 6.18. The van der Waals surface area contributed by atoms with Crippen LogP contribution in [0.15, 0.2) is 41.4 Å². The Bertz CT molecular complexity index is 712. The van der Waals surface area contributed by atoms with E-state index in [1.54, 1.807) is 11.8 Å². The number of amides is 1. The Morgan fingerprint density at radius 1 is 1.33 bits per heavy atom. The molecule has 3 rings (SSSR count). The second-order valence-corrected chi connectivity index (χ2v) is 5.70. The smallest absolute Gasteiger partial charge is 0.260 e. The van der Waals surface area contributed by atoms with E-state index in [4.69, 9.17) is 4.74 Å². The predicted molar refractivity (Wildman–Crippen MR) is 87.3 cm³/mol. The number of thioether (sulfide) groups is 1. The van der Waals surface area contributed by atoms with E-state index in [-0.39, 0.29) is 5.91 Å². The van der Waals surface area contributed by atoms with Gasteiger partial charge < -0.3 is 10.1 Å². The van der Waals surface area contributed by atoms with Crippen LogP contribution in [0.4, 0.5) is 0 Å².